The summed E-state index contributed by atoms with van der Waals surface area (Å²) in [7, 11) is 0. The highest BCUT2D eigenvalue weighted by atomic mass is 16.3. The number of nitrogens with one attached hydrogen (secondary N) is 2. The lowest BCUT2D eigenvalue weighted by Gasteiger charge is -2.17. The van der Waals surface area contributed by atoms with Crippen LogP contribution in [-0.2, 0) is 4.79 Å². The van der Waals surface area contributed by atoms with Gasteiger partial charge < -0.3 is 10.4 Å². The van der Waals surface area contributed by atoms with Crippen molar-refractivity contribution in [2.75, 3.05) is 13.1 Å². The van der Waals surface area contributed by atoms with Gasteiger partial charge in [-0.2, -0.15) is 0 Å². The first kappa shape index (κ1) is 5.53. The van der Waals surface area contributed by atoms with E-state index in [4.69, 9.17) is 5.11 Å². The fourth-order valence-corrected chi connectivity index (χ4v) is 0.584. The van der Waals surface area contributed by atoms with Crippen LogP contribution >= 0.6 is 0 Å². The summed E-state index contributed by atoms with van der Waals surface area (Å²) in [5, 5.41) is 13.7. The molecule has 8 heavy (non-hydrogen) atoms. The smallest absolute Gasteiger partial charge is 0.264 e. The Bertz CT molecular complexity index is 104. The molecule has 46 valence electrons. The van der Waals surface area contributed by atoms with Crippen LogP contribution in [0.3, 0.4) is 0 Å². The van der Waals surface area contributed by atoms with Gasteiger partial charge in [0.05, 0.1) is 0 Å². The molecule has 1 amide bonds. The van der Waals surface area contributed by atoms with Gasteiger partial charge in [-0.25, -0.2) is 0 Å². The lowest BCUT2D eigenvalue weighted by Crippen LogP contribution is -2.52. The molecule has 1 heterocycles. The first-order chi connectivity index (χ1) is 3.80. The molecule has 4 heteroatoms. The number of aliphatic hydroxyl groups excluding tert-OH is 1. The van der Waals surface area contributed by atoms with E-state index in [-0.39, 0.29) is 5.91 Å². The van der Waals surface area contributed by atoms with Gasteiger partial charge in [0, 0.05) is 13.1 Å². The van der Waals surface area contributed by atoms with Crippen LogP contribution in [0.2, 0.25) is 0 Å². The monoisotopic (exact) mass is 116 g/mol. The molecule has 1 fully saturated rings. The summed E-state index contributed by atoms with van der Waals surface area (Å²) in [4.78, 5) is 10.4. The van der Waals surface area contributed by atoms with Crippen molar-refractivity contribution in [2.24, 2.45) is 0 Å². The van der Waals surface area contributed by atoms with E-state index in [1.165, 1.54) is 0 Å². The lowest BCUT2D eigenvalue weighted by molar-refractivity contribution is -0.132. The fourth-order valence-electron chi connectivity index (χ4n) is 0.584. The predicted octanol–water partition coefficient (Wildman–Crippen LogP) is -1.98. The Morgan fingerprint density at radius 3 is 2.75 bits per heavy atom. The lowest BCUT2D eigenvalue weighted by atomic mass is 10.4. The standard InChI is InChI=1S/C4H8N2O2/c7-3-4(8)6-2-1-5-3/h3,5,7H,1-2H2,(H,6,8)/t3-/m1/s1. The molecule has 4 nitrogen and oxygen atoms in total. The van der Waals surface area contributed by atoms with Gasteiger partial charge in [-0.3, -0.25) is 10.1 Å². The summed E-state index contributed by atoms with van der Waals surface area (Å²) in [6.07, 6.45) is -0.997. The highest BCUT2D eigenvalue weighted by molar-refractivity contribution is 5.80. The number of hydrogen-bond donors (Lipinski definition) is 3. The molecule has 0 radical (unpaired) electrons. The molecular formula is C4H8N2O2. The van der Waals surface area contributed by atoms with E-state index in [2.05, 4.69) is 10.6 Å². The second-order valence-electron chi connectivity index (χ2n) is 1.65. The number of carbonyl (C=O) groups excluding carboxylic acids is 1. The molecule has 0 spiro atoms. The van der Waals surface area contributed by atoms with Crippen molar-refractivity contribution in [1.29, 1.82) is 0 Å². The third-order valence-electron chi connectivity index (χ3n) is 1.01. The molecule has 0 bridgehead atoms. The molecule has 0 aromatic heterocycles. The summed E-state index contributed by atoms with van der Waals surface area (Å²) in [6.45, 7) is 1.25. The average Bonchev–Trinajstić information content (AvgIpc) is 1.77. The van der Waals surface area contributed by atoms with Crippen molar-refractivity contribution >= 4 is 5.91 Å². The van der Waals surface area contributed by atoms with Crippen LogP contribution in [0.25, 0.3) is 0 Å². The van der Waals surface area contributed by atoms with Crippen LogP contribution in [0.15, 0.2) is 0 Å². The normalized spacial score (nSPS) is 29.6. The summed E-state index contributed by atoms with van der Waals surface area (Å²) < 4.78 is 0. The maximum absolute atomic E-state index is 10.4. The van der Waals surface area contributed by atoms with Crippen LogP contribution in [0.5, 0.6) is 0 Å². The number of carbonyl (C=O) groups is 1. The van der Waals surface area contributed by atoms with Crippen LogP contribution in [0.1, 0.15) is 0 Å². The quantitative estimate of drug-likeness (QED) is 0.344. The molecule has 0 aromatic carbocycles. The van der Waals surface area contributed by atoms with Crippen molar-refractivity contribution in [3.63, 3.8) is 0 Å². The molecule has 0 unspecified atom stereocenters. The first-order valence-electron chi connectivity index (χ1n) is 2.50. The van der Waals surface area contributed by atoms with E-state index in [0.29, 0.717) is 13.1 Å². The van der Waals surface area contributed by atoms with Gasteiger partial charge in [0.15, 0.2) is 6.23 Å². The molecule has 1 rings (SSSR count). The van der Waals surface area contributed by atoms with Crippen LogP contribution < -0.4 is 10.6 Å². The molecule has 3 N–H and O–H groups in total. The molecule has 1 atom stereocenters. The van der Waals surface area contributed by atoms with Crippen molar-refractivity contribution < 1.29 is 9.90 Å². The third-order valence-corrected chi connectivity index (χ3v) is 1.01. The molecule has 0 saturated carbocycles. The number of piperazine rings is 1. The maximum atomic E-state index is 10.4. The Balaban J connectivity index is 2.39. The van der Waals surface area contributed by atoms with Gasteiger partial charge in [-0.1, -0.05) is 0 Å². The number of rotatable bonds is 0. The van der Waals surface area contributed by atoms with Crippen molar-refractivity contribution in [1.82, 2.24) is 10.6 Å². The summed E-state index contributed by atoms with van der Waals surface area (Å²) in [5.74, 6) is -0.337. The molecule has 1 aliphatic rings. The second kappa shape index (κ2) is 2.11. The highest BCUT2D eigenvalue weighted by Crippen LogP contribution is 1.80. The van der Waals surface area contributed by atoms with Crippen LogP contribution in [0, 0.1) is 0 Å². The zero-order valence-electron chi connectivity index (χ0n) is 4.35. The summed E-state index contributed by atoms with van der Waals surface area (Å²) in [5.41, 5.74) is 0. The van der Waals surface area contributed by atoms with Gasteiger partial charge in [0.25, 0.3) is 5.91 Å². The minimum absolute atomic E-state index is 0.337. The second-order valence-corrected chi connectivity index (χ2v) is 1.65. The van der Waals surface area contributed by atoms with Crippen LogP contribution in [-0.4, -0.2) is 30.3 Å². The number of hydrogen-bond acceptors (Lipinski definition) is 3. The Morgan fingerprint density at radius 1 is 1.62 bits per heavy atom. The molecule has 1 aliphatic heterocycles. The van der Waals surface area contributed by atoms with Gasteiger partial charge in [-0.05, 0) is 0 Å². The van der Waals surface area contributed by atoms with E-state index in [9.17, 15) is 4.79 Å². The van der Waals surface area contributed by atoms with E-state index >= 15 is 0 Å². The maximum Gasteiger partial charge on any atom is 0.264 e. The van der Waals surface area contributed by atoms with E-state index in [1.54, 1.807) is 0 Å². The summed E-state index contributed by atoms with van der Waals surface area (Å²) in [6, 6.07) is 0. The summed E-state index contributed by atoms with van der Waals surface area (Å²) >= 11 is 0. The van der Waals surface area contributed by atoms with Gasteiger partial charge in [0.1, 0.15) is 0 Å². The van der Waals surface area contributed by atoms with Gasteiger partial charge >= 0.3 is 0 Å². The van der Waals surface area contributed by atoms with Crippen molar-refractivity contribution in [2.45, 2.75) is 6.23 Å². The first-order valence-corrected chi connectivity index (χ1v) is 2.50. The Labute approximate surface area is 46.9 Å². The minimum Gasteiger partial charge on any atom is -0.370 e. The highest BCUT2D eigenvalue weighted by Gasteiger charge is 2.16. The SMILES string of the molecule is O=C1NCCN[C@@H]1O. The van der Waals surface area contributed by atoms with Gasteiger partial charge in [0.2, 0.25) is 0 Å². The molecule has 0 aromatic rings. The van der Waals surface area contributed by atoms with E-state index < -0.39 is 6.23 Å². The number of amides is 1. The van der Waals surface area contributed by atoms with Crippen molar-refractivity contribution in [3.05, 3.63) is 0 Å². The van der Waals surface area contributed by atoms with E-state index in [0.717, 1.165) is 0 Å². The molecular weight excluding hydrogens is 108 g/mol. The fraction of sp³-hybridized carbons (Fsp3) is 0.750. The minimum atomic E-state index is -0.997. The Kier molecular flexibility index (Phi) is 1.45. The average molecular weight is 116 g/mol. The van der Waals surface area contributed by atoms with E-state index in [1.807, 2.05) is 0 Å². The third kappa shape index (κ3) is 0.962. The van der Waals surface area contributed by atoms with Gasteiger partial charge in [-0.15, -0.1) is 0 Å². The van der Waals surface area contributed by atoms with Crippen molar-refractivity contribution in [3.8, 4) is 0 Å². The van der Waals surface area contributed by atoms with Crippen LogP contribution in [0.4, 0.5) is 0 Å². The zero-order valence-corrected chi connectivity index (χ0v) is 4.35. The predicted molar refractivity (Wildman–Crippen MR) is 27.0 cm³/mol. The topological polar surface area (TPSA) is 61.4 Å². The molecule has 0 aliphatic carbocycles. The number of aliphatic hydroxyl groups is 1. The molecule has 1 saturated heterocycles. The Morgan fingerprint density at radius 2 is 2.38 bits per heavy atom. The Hall–Kier alpha value is -0.610. The zero-order chi connectivity index (χ0) is 5.98. The largest absolute Gasteiger partial charge is 0.370 e.